The predicted molar refractivity (Wildman–Crippen MR) is 84.2 cm³/mol. The summed E-state index contributed by atoms with van der Waals surface area (Å²) in [4.78, 5) is 11.8. The summed E-state index contributed by atoms with van der Waals surface area (Å²) in [5.41, 5.74) is 1.58. The number of carbonyl (C=O) groups is 1. The molecular weight excluding hydrogens is 286 g/mol. The molecule has 0 saturated carbocycles. The number of rotatable bonds is 5. The van der Waals surface area contributed by atoms with E-state index in [0.29, 0.717) is 25.5 Å². The van der Waals surface area contributed by atoms with Gasteiger partial charge < -0.3 is 14.2 Å². The SMILES string of the molecule is C[Si](C)(C)CCOC(=O)Nc1cccc(C2OCCO2)c1. The Bertz CT molecular complexity index is 481. The van der Waals surface area contributed by atoms with Gasteiger partial charge in [0.1, 0.15) is 0 Å². The molecule has 0 aromatic heterocycles. The van der Waals surface area contributed by atoms with Crippen LogP contribution in [0.25, 0.3) is 0 Å². The van der Waals surface area contributed by atoms with E-state index in [0.717, 1.165) is 11.6 Å². The smallest absolute Gasteiger partial charge is 0.411 e. The predicted octanol–water partition coefficient (Wildman–Crippen LogP) is 3.62. The third kappa shape index (κ3) is 5.49. The minimum atomic E-state index is -1.18. The summed E-state index contributed by atoms with van der Waals surface area (Å²) < 4.78 is 16.1. The van der Waals surface area contributed by atoms with E-state index in [1.807, 2.05) is 24.3 Å². The van der Waals surface area contributed by atoms with Crippen LogP contribution in [-0.2, 0) is 14.2 Å². The largest absolute Gasteiger partial charge is 0.450 e. The van der Waals surface area contributed by atoms with Crippen LogP contribution in [0.1, 0.15) is 11.9 Å². The number of anilines is 1. The molecule has 0 aliphatic carbocycles. The van der Waals surface area contributed by atoms with Crippen molar-refractivity contribution in [1.29, 1.82) is 0 Å². The lowest BCUT2D eigenvalue weighted by Crippen LogP contribution is -2.24. The first-order valence-corrected chi connectivity index (χ1v) is 10.9. The van der Waals surface area contributed by atoms with Gasteiger partial charge in [0.15, 0.2) is 6.29 Å². The molecule has 1 aromatic rings. The van der Waals surface area contributed by atoms with Gasteiger partial charge in [-0.25, -0.2) is 4.79 Å². The molecule has 2 rings (SSSR count). The molecule has 0 bridgehead atoms. The van der Waals surface area contributed by atoms with Crippen LogP contribution in [-0.4, -0.2) is 34.0 Å². The van der Waals surface area contributed by atoms with Crippen molar-refractivity contribution >= 4 is 19.9 Å². The van der Waals surface area contributed by atoms with Crippen LogP contribution < -0.4 is 5.32 Å². The second kappa shape index (κ2) is 7.06. The summed E-state index contributed by atoms with van der Waals surface area (Å²) >= 11 is 0. The summed E-state index contributed by atoms with van der Waals surface area (Å²) in [7, 11) is -1.18. The minimum absolute atomic E-state index is 0.338. The van der Waals surface area contributed by atoms with Gasteiger partial charge in [-0.2, -0.15) is 0 Å². The zero-order chi connectivity index (χ0) is 15.3. The van der Waals surface area contributed by atoms with Gasteiger partial charge >= 0.3 is 6.09 Å². The summed E-state index contributed by atoms with van der Waals surface area (Å²) in [6.45, 7) is 8.41. The Hall–Kier alpha value is -1.37. The average Bonchev–Trinajstić information content (AvgIpc) is 2.91. The van der Waals surface area contributed by atoms with Gasteiger partial charge in [-0.15, -0.1) is 0 Å². The summed E-state index contributed by atoms with van der Waals surface area (Å²) in [6.07, 6.45) is -0.756. The fraction of sp³-hybridized carbons (Fsp3) is 0.533. The maximum atomic E-state index is 11.8. The van der Waals surface area contributed by atoms with Crippen LogP contribution >= 0.6 is 0 Å². The molecule has 6 heteroatoms. The highest BCUT2D eigenvalue weighted by Crippen LogP contribution is 2.25. The van der Waals surface area contributed by atoms with Crippen LogP contribution in [0.2, 0.25) is 25.7 Å². The Morgan fingerprint density at radius 3 is 2.71 bits per heavy atom. The fourth-order valence-electron chi connectivity index (χ4n) is 1.92. The Morgan fingerprint density at radius 2 is 2.05 bits per heavy atom. The van der Waals surface area contributed by atoms with E-state index in [1.165, 1.54) is 0 Å². The van der Waals surface area contributed by atoms with Crippen LogP contribution in [0.3, 0.4) is 0 Å². The molecule has 0 spiro atoms. The highest BCUT2D eigenvalue weighted by Gasteiger charge is 2.19. The molecule has 1 aliphatic heterocycles. The van der Waals surface area contributed by atoms with Gasteiger partial charge in [-0.05, 0) is 18.2 Å². The van der Waals surface area contributed by atoms with Crippen molar-refractivity contribution in [3.8, 4) is 0 Å². The Labute approximate surface area is 126 Å². The van der Waals surface area contributed by atoms with Gasteiger partial charge in [0.2, 0.25) is 0 Å². The second-order valence-electron chi connectivity index (χ2n) is 6.27. The number of hydrogen-bond donors (Lipinski definition) is 1. The quantitative estimate of drug-likeness (QED) is 0.844. The molecule has 21 heavy (non-hydrogen) atoms. The highest BCUT2D eigenvalue weighted by atomic mass is 28.3. The molecule has 116 valence electrons. The minimum Gasteiger partial charge on any atom is -0.450 e. The zero-order valence-electron chi connectivity index (χ0n) is 12.8. The van der Waals surface area contributed by atoms with E-state index in [-0.39, 0.29) is 6.29 Å². The average molecular weight is 309 g/mol. The van der Waals surface area contributed by atoms with Gasteiger partial charge in [0, 0.05) is 19.3 Å². The highest BCUT2D eigenvalue weighted by molar-refractivity contribution is 6.76. The van der Waals surface area contributed by atoms with Gasteiger partial charge in [0.05, 0.1) is 19.8 Å². The first kappa shape index (κ1) is 16.0. The van der Waals surface area contributed by atoms with Crippen molar-refractivity contribution in [2.24, 2.45) is 0 Å². The van der Waals surface area contributed by atoms with Crippen molar-refractivity contribution in [2.45, 2.75) is 32.0 Å². The van der Waals surface area contributed by atoms with Crippen LogP contribution in [0.15, 0.2) is 24.3 Å². The maximum Gasteiger partial charge on any atom is 0.411 e. The number of carbonyl (C=O) groups excluding carboxylic acids is 1. The molecule has 1 aliphatic rings. The van der Waals surface area contributed by atoms with Crippen molar-refractivity contribution in [1.82, 2.24) is 0 Å². The van der Waals surface area contributed by atoms with Crippen molar-refractivity contribution in [3.63, 3.8) is 0 Å². The first-order valence-electron chi connectivity index (χ1n) is 7.21. The molecule has 0 atom stereocenters. The molecule has 1 saturated heterocycles. The van der Waals surface area contributed by atoms with Gasteiger partial charge in [-0.1, -0.05) is 31.8 Å². The lowest BCUT2D eigenvalue weighted by atomic mass is 10.2. The molecule has 0 unspecified atom stereocenters. The van der Waals surface area contributed by atoms with Crippen LogP contribution in [0.5, 0.6) is 0 Å². The molecule has 1 fully saturated rings. The van der Waals surface area contributed by atoms with Crippen molar-refractivity contribution < 1.29 is 19.0 Å². The van der Waals surface area contributed by atoms with E-state index in [4.69, 9.17) is 14.2 Å². The Balaban J connectivity index is 1.84. The molecule has 5 nitrogen and oxygen atoms in total. The number of nitrogens with one attached hydrogen (secondary N) is 1. The Morgan fingerprint density at radius 1 is 1.33 bits per heavy atom. The normalized spacial score (nSPS) is 16.0. The topological polar surface area (TPSA) is 56.8 Å². The number of ether oxygens (including phenoxy) is 3. The number of benzene rings is 1. The zero-order valence-corrected chi connectivity index (χ0v) is 13.8. The fourth-order valence-corrected chi connectivity index (χ4v) is 2.63. The number of hydrogen-bond acceptors (Lipinski definition) is 4. The molecule has 1 N–H and O–H groups in total. The molecule has 1 aromatic carbocycles. The summed E-state index contributed by atoms with van der Waals surface area (Å²) in [6, 6.07) is 8.40. The molecule has 1 amide bonds. The Kier molecular flexibility index (Phi) is 5.38. The van der Waals surface area contributed by atoms with E-state index in [1.54, 1.807) is 0 Å². The van der Waals surface area contributed by atoms with E-state index in [2.05, 4.69) is 25.0 Å². The third-order valence-electron chi connectivity index (χ3n) is 3.11. The summed E-state index contributed by atoms with van der Waals surface area (Å²) in [5, 5.41) is 2.74. The van der Waals surface area contributed by atoms with E-state index < -0.39 is 14.2 Å². The van der Waals surface area contributed by atoms with Gasteiger partial charge in [-0.3, -0.25) is 5.32 Å². The van der Waals surface area contributed by atoms with Crippen LogP contribution in [0, 0.1) is 0 Å². The van der Waals surface area contributed by atoms with E-state index >= 15 is 0 Å². The first-order chi connectivity index (χ1) is 9.94. The van der Waals surface area contributed by atoms with Gasteiger partial charge in [0.25, 0.3) is 0 Å². The standard InChI is InChI=1S/C15H23NO4Si/c1-21(2,3)10-9-20-15(17)16-13-6-4-5-12(11-13)14-18-7-8-19-14/h4-6,11,14H,7-10H2,1-3H3,(H,16,17). The second-order valence-corrected chi connectivity index (χ2v) is 11.9. The molecule has 1 heterocycles. The molecular formula is C15H23NO4Si. The van der Waals surface area contributed by atoms with E-state index in [9.17, 15) is 4.79 Å². The van der Waals surface area contributed by atoms with Crippen molar-refractivity contribution in [2.75, 3.05) is 25.1 Å². The third-order valence-corrected chi connectivity index (χ3v) is 4.82. The van der Waals surface area contributed by atoms with Crippen LogP contribution in [0.4, 0.5) is 10.5 Å². The maximum absolute atomic E-state index is 11.8. The lowest BCUT2D eigenvalue weighted by molar-refractivity contribution is -0.0440. The lowest BCUT2D eigenvalue weighted by Gasteiger charge is -2.16. The number of amides is 1. The van der Waals surface area contributed by atoms with Crippen molar-refractivity contribution in [3.05, 3.63) is 29.8 Å². The monoisotopic (exact) mass is 309 g/mol. The molecule has 0 radical (unpaired) electrons. The summed E-state index contributed by atoms with van der Waals surface area (Å²) in [5.74, 6) is 0.